The Morgan fingerprint density at radius 2 is 2.10 bits per heavy atom. The molecule has 7 heteroatoms. The number of amides is 2. The van der Waals surface area contributed by atoms with Crippen molar-refractivity contribution in [2.45, 2.75) is 6.04 Å². The summed E-state index contributed by atoms with van der Waals surface area (Å²) in [4.78, 5) is 39.2. The lowest BCUT2D eigenvalue weighted by molar-refractivity contribution is -0.144. The molecule has 21 heavy (non-hydrogen) atoms. The van der Waals surface area contributed by atoms with E-state index in [4.69, 9.17) is 0 Å². The van der Waals surface area contributed by atoms with Gasteiger partial charge in [0, 0.05) is 23.8 Å². The van der Waals surface area contributed by atoms with Crippen molar-refractivity contribution < 1.29 is 19.5 Å². The van der Waals surface area contributed by atoms with Crippen LogP contribution in [0.3, 0.4) is 0 Å². The summed E-state index contributed by atoms with van der Waals surface area (Å²) in [6, 6.07) is 5.89. The van der Waals surface area contributed by atoms with Gasteiger partial charge in [-0.05, 0) is 23.6 Å². The van der Waals surface area contributed by atoms with E-state index in [2.05, 4.69) is 10.3 Å². The Hall–Kier alpha value is -2.83. The minimum absolute atomic E-state index is 0.0787. The number of nitrogens with one attached hydrogen (secondary N) is 2. The summed E-state index contributed by atoms with van der Waals surface area (Å²) in [5.41, 5.74) is 1.14. The molecule has 2 aromatic rings. The van der Waals surface area contributed by atoms with E-state index in [1.54, 1.807) is 24.4 Å². The van der Waals surface area contributed by atoms with Crippen molar-refractivity contribution in [3.63, 3.8) is 0 Å². The number of fused-ring (bicyclic) bond motifs is 1. The number of hydrogen-bond acceptors (Lipinski definition) is 3. The Morgan fingerprint density at radius 1 is 1.29 bits per heavy atom. The highest BCUT2D eigenvalue weighted by molar-refractivity contribution is 6.02. The molecule has 2 amide bonds. The number of carbonyl (C=O) groups excluding carboxylic acids is 2. The summed E-state index contributed by atoms with van der Waals surface area (Å²) >= 11 is 0. The summed E-state index contributed by atoms with van der Waals surface area (Å²) in [6.45, 7) is -0.330. The van der Waals surface area contributed by atoms with Crippen molar-refractivity contribution in [2.75, 3.05) is 13.1 Å². The van der Waals surface area contributed by atoms with E-state index in [1.165, 1.54) is 0 Å². The first-order valence-corrected chi connectivity index (χ1v) is 6.44. The van der Waals surface area contributed by atoms with Crippen LogP contribution in [0.4, 0.5) is 0 Å². The number of aromatic nitrogens is 1. The number of rotatable bonds is 2. The molecule has 0 spiro atoms. The maximum Gasteiger partial charge on any atom is 0.328 e. The molecule has 1 aliphatic rings. The van der Waals surface area contributed by atoms with E-state index in [-0.39, 0.29) is 19.0 Å². The molecule has 0 saturated carbocycles. The molecule has 1 aromatic heterocycles. The zero-order valence-electron chi connectivity index (χ0n) is 11.0. The first kappa shape index (κ1) is 13.2. The van der Waals surface area contributed by atoms with E-state index < -0.39 is 17.9 Å². The summed E-state index contributed by atoms with van der Waals surface area (Å²) < 4.78 is 0. The average molecular weight is 287 g/mol. The maximum absolute atomic E-state index is 12.5. The van der Waals surface area contributed by atoms with Gasteiger partial charge in [0.2, 0.25) is 5.91 Å². The average Bonchev–Trinajstić information content (AvgIpc) is 2.93. The third-order valence-corrected chi connectivity index (χ3v) is 3.53. The van der Waals surface area contributed by atoms with Gasteiger partial charge in [-0.1, -0.05) is 6.07 Å². The molecule has 3 rings (SSSR count). The van der Waals surface area contributed by atoms with E-state index in [0.29, 0.717) is 5.56 Å². The fourth-order valence-corrected chi connectivity index (χ4v) is 2.42. The van der Waals surface area contributed by atoms with E-state index in [1.807, 2.05) is 6.07 Å². The fourth-order valence-electron chi connectivity index (χ4n) is 2.42. The number of hydrogen-bond donors (Lipinski definition) is 3. The van der Waals surface area contributed by atoms with Crippen LogP contribution in [-0.4, -0.2) is 51.9 Å². The summed E-state index contributed by atoms with van der Waals surface area (Å²) in [7, 11) is 0. The Kier molecular flexibility index (Phi) is 3.09. The standard InChI is InChI=1S/C14H13N3O4/c18-12-7-17(11(6-16-12)14(20)21)13(19)9-2-1-8-3-4-15-10(8)5-9/h1-5,11,15H,6-7H2,(H,16,18)(H,20,21). The highest BCUT2D eigenvalue weighted by atomic mass is 16.4. The minimum atomic E-state index is -1.13. The van der Waals surface area contributed by atoms with Crippen LogP contribution in [0.15, 0.2) is 30.5 Å². The van der Waals surface area contributed by atoms with E-state index in [9.17, 15) is 19.5 Å². The van der Waals surface area contributed by atoms with Crippen molar-refractivity contribution in [1.82, 2.24) is 15.2 Å². The second-order valence-corrected chi connectivity index (χ2v) is 4.87. The van der Waals surface area contributed by atoms with Crippen LogP contribution < -0.4 is 5.32 Å². The molecular formula is C14H13N3O4. The van der Waals surface area contributed by atoms with Crippen molar-refractivity contribution in [3.05, 3.63) is 36.0 Å². The van der Waals surface area contributed by atoms with Crippen LogP contribution in [0.5, 0.6) is 0 Å². The topological polar surface area (TPSA) is 103 Å². The van der Waals surface area contributed by atoms with Crippen molar-refractivity contribution >= 4 is 28.7 Å². The summed E-state index contributed by atoms with van der Waals surface area (Å²) in [6.07, 6.45) is 1.76. The first-order chi connectivity index (χ1) is 10.1. The zero-order valence-corrected chi connectivity index (χ0v) is 11.0. The lowest BCUT2D eigenvalue weighted by Crippen LogP contribution is -2.59. The maximum atomic E-state index is 12.5. The van der Waals surface area contributed by atoms with Crippen LogP contribution >= 0.6 is 0 Å². The van der Waals surface area contributed by atoms with Crippen LogP contribution in [0, 0.1) is 0 Å². The predicted octanol–water partition coefficient (Wildman–Crippen LogP) is 0.193. The quantitative estimate of drug-likeness (QED) is 0.733. The number of benzene rings is 1. The van der Waals surface area contributed by atoms with Crippen LogP contribution in [-0.2, 0) is 9.59 Å². The smallest absolute Gasteiger partial charge is 0.328 e. The highest BCUT2D eigenvalue weighted by Crippen LogP contribution is 2.17. The van der Waals surface area contributed by atoms with Gasteiger partial charge in [-0.2, -0.15) is 0 Å². The van der Waals surface area contributed by atoms with Gasteiger partial charge in [-0.3, -0.25) is 9.59 Å². The predicted molar refractivity (Wildman–Crippen MR) is 73.8 cm³/mol. The molecule has 0 aliphatic carbocycles. The van der Waals surface area contributed by atoms with E-state index in [0.717, 1.165) is 15.8 Å². The van der Waals surface area contributed by atoms with Gasteiger partial charge in [0.25, 0.3) is 5.91 Å². The molecule has 0 radical (unpaired) electrons. The Labute approximate surface area is 119 Å². The third-order valence-electron chi connectivity index (χ3n) is 3.53. The van der Waals surface area contributed by atoms with Gasteiger partial charge in [0.05, 0.1) is 0 Å². The molecule has 1 unspecified atom stereocenters. The Balaban J connectivity index is 1.94. The molecule has 3 N–H and O–H groups in total. The molecular weight excluding hydrogens is 274 g/mol. The first-order valence-electron chi connectivity index (χ1n) is 6.44. The number of carboxylic acids is 1. The highest BCUT2D eigenvalue weighted by Gasteiger charge is 2.35. The summed E-state index contributed by atoms with van der Waals surface area (Å²) in [5, 5.41) is 12.6. The van der Waals surface area contributed by atoms with Gasteiger partial charge < -0.3 is 20.3 Å². The largest absolute Gasteiger partial charge is 0.480 e. The number of H-pyrrole nitrogens is 1. The fraction of sp³-hybridized carbons (Fsp3) is 0.214. The van der Waals surface area contributed by atoms with Crippen LogP contribution in [0.2, 0.25) is 0 Å². The lowest BCUT2D eigenvalue weighted by Gasteiger charge is -2.32. The Morgan fingerprint density at radius 3 is 2.86 bits per heavy atom. The molecule has 108 valence electrons. The van der Waals surface area contributed by atoms with Gasteiger partial charge in [0.15, 0.2) is 0 Å². The molecule has 1 aromatic carbocycles. The number of carbonyl (C=O) groups is 3. The molecule has 1 saturated heterocycles. The molecule has 1 atom stereocenters. The van der Waals surface area contributed by atoms with Crippen LogP contribution in [0.25, 0.3) is 10.9 Å². The molecule has 7 nitrogen and oxygen atoms in total. The zero-order chi connectivity index (χ0) is 15.0. The van der Waals surface area contributed by atoms with E-state index >= 15 is 0 Å². The molecule has 2 heterocycles. The number of nitrogens with zero attached hydrogens (tertiary/aromatic N) is 1. The van der Waals surface area contributed by atoms with Crippen molar-refractivity contribution in [3.8, 4) is 0 Å². The second-order valence-electron chi connectivity index (χ2n) is 4.87. The lowest BCUT2D eigenvalue weighted by atomic mass is 10.1. The monoisotopic (exact) mass is 287 g/mol. The number of aliphatic carboxylic acids is 1. The molecule has 1 aliphatic heterocycles. The summed E-state index contributed by atoms with van der Waals surface area (Å²) in [5.74, 6) is -1.96. The van der Waals surface area contributed by atoms with Gasteiger partial charge in [0.1, 0.15) is 12.6 Å². The van der Waals surface area contributed by atoms with Gasteiger partial charge in [-0.15, -0.1) is 0 Å². The Bertz CT molecular complexity index is 737. The number of aromatic amines is 1. The van der Waals surface area contributed by atoms with Crippen molar-refractivity contribution in [1.29, 1.82) is 0 Å². The number of piperazine rings is 1. The normalized spacial score (nSPS) is 18.6. The SMILES string of the molecule is O=C1CN(C(=O)c2ccc3cc[nH]c3c2)C(C(=O)O)CN1. The van der Waals surface area contributed by atoms with Gasteiger partial charge in [-0.25, -0.2) is 4.79 Å². The second kappa shape index (κ2) is 4.93. The molecule has 0 bridgehead atoms. The number of carboxylic acid groups (broad SMARTS) is 1. The molecule has 1 fully saturated rings. The van der Waals surface area contributed by atoms with Crippen molar-refractivity contribution in [2.24, 2.45) is 0 Å². The van der Waals surface area contributed by atoms with Crippen LogP contribution in [0.1, 0.15) is 10.4 Å². The third kappa shape index (κ3) is 2.33. The minimum Gasteiger partial charge on any atom is -0.480 e. The van der Waals surface area contributed by atoms with Gasteiger partial charge >= 0.3 is 5.97 Å².